The minimum Gasteiger partial charge on any atom is -0.458 e. The lowest BCUT2D eigenvalue weighted by Gasteiger charge is -2.34. The van der Waals surface area contributed by atoms with E-state index in [1.807, 2.05) is 13.0 Å². The molecule has 8 nitrogen and oxygen atoms in total. The molecule has 1 saturated heterocycles. The molecular weight excluding hydrogens is 398 g/mol. The molecule has 1 aliphatic heterocycles. The highest BCUT2D eigenvalue weighted by atomic mass is 16.6. The van der Waals surface area contributed by atoms with Crippen molar-refractivity contribution in [1.29, 1.82) is 5.26 Å². The first-order chi connectivity index (χ1) is 14.6. The van der Waals surface area contributed by atoms with E-state index in [-0.39, 0.29) is 24.5 Å². The molecule has 1 unspecified atom stereocenters. The Kier molecular flexibility index (Phi) is 8.57. The zero-order valence-electron chi connectivity index (χ0n) is 18.6. The van der Waals surface area contributed by atoms with Crippen molar-refractivity contribution in [2.24, 2.45) is 0 Å². The highest BCUT2D eigenvalue weighted by Crippen LogP contribution is 2.16. The van der Waals surface area contributed by atoms with Crippen LogP contribution in [0.1, 0.15) is 62.9 Å². The number of likely N-dealkylation sites (tertiary alicyclic amines) is 1. The summed E-state index contributed by atoms with van der Waals surface area (Å²) >= 11 is 0. The van der Waals surface area contributed by atoms with E-state index < -0.39 is 17.6 Å². The predicted molar refractivity (Wildman–Crippen MR) is 114 cm³/mol. The van der Waals surface area contributed by atoms with E-state index >= 15 is 0 Å². The van der Waals surface area contributed by atoms with Crippen molar-refractivity contribution in [3.63, 3.8) is 0 Å². The molecule has 1 aliphatic rings. The van der Waals surface area contributed by atoms with Gasteiger partial charge in [-0.15, -0.1) is 0 Å². The third-order valence-electron chi connectivity index (χ3n) is 4.90. The molecular formula is C23H31N3O5. The highest BCUT2D eigenvalue weighted by molar-refractivity contribution is 5.97. The number of nitrogens with zero attached hydrogens (tertiary/aromatic N) is 2. The van der Waals surface area contributed by atoms with Crippen molar-refractivity contribution in [3.05, 3.63) is 35.4 Å². The summed E-state index contributed by atoms with van der Waals surface area (Å²) in [5.74, 6) is -0.877. The van der Waals surface area contributed by atoms with Crippen LogP contribution in [0.25, 0.3) is 0 Å². The number of benzene rings is 1. The number of carbonyl (C=O) groups is 3. The van der Waals surface area contributed by atoms with Crippen LogP contribution in [-0.2, 0) is 19.1 Å². The second-order valence-corrected chi connectivity index (χ2v) is 8.55. The van der Waals surface area contributed by atoms with Crippen molar-refractivity contribution >= 4 is 17.8 Å². The molecule has 1 atom stereocenters. The molecule has 0 radical (unpaired) electrons. The summed E-state index contributed by atoms with van der Waals surface area (Å²) < 4.78 is 10.9. The number of nitriles is 1. The Morgan fingerprint density at radius 2 is 1.81 bits per heavy atom. The zero-order chi connectivity index (χ0) is 23.0. The first-order valence-electron chi connectivity index (χ1n) is 10.6. The van der Waals surface area contributed by atoms with Gasteiger partial charge in [-0.2, -0.15) is 5.26 Å². The topological polar surface area (TPSA) is 109 Å². The van der Waals surface area contributed by atoms with Crippen LogP contribution in [0.4, 0.5) is 0 Å². The van der Waals surface area contributed by atoms with E-state index in [0.29, 0.717) is 43.5 Å². The molecule has 8 heteroatoms. The Labute approximate surface area is 183 Å². The van der Waals surface area contributed by atoms with Gasteiger partial charge in [-0.05, 0) is 64.3 Å². The third-order valence-corrected chi connectivity index (χ3v) is 4.90. The van der Waals surface area contributed by atoms with Gasteiger partial charge in [-0.25, -0.2) is 4.79 Å². The number of hydrogen-bond acceptors (Lipinski definition) is 6. The highest BCUT2D eigenvalue weighted by Gasteiger charge is 2.29. The van der Waals surface area contributed by atoms with E-state index in [2.05, 4.69) is 5.32 Å². The summed E-state index contributed by atoms with van der Waals surface area (Å²) in [7, 11) is 0. The van der Waals surface area contributed by atoms with Gasteiger partial charge >= 0.3 is 5.97 Å². The molecule has 1 fully saturated rings. The lowest BCUT2D eigenvalue weighted by Crippen LogP contribution is -2.51. The number of rotatable bonds is 7. The van der Waals surface area contributed by atoms with Crippen LogP contribution in [0.3, 0.4) is 0 Å². The molecule has 1 aromatic carbocycles. The minimum atomic E-state index is -0.623. The predicted octanol–water partition coefficient (Wildman–Crippen LogP) is 2.42. The number of piperidine rings is 1. The van der Waals surface area contributed by atoms with Crippen LogP contribution in [0.2, 0.25) is 0 Å². The van der Waals surface area contributed by atoms with Crippen molar-refractivity contribution in [2.45, 2.75) is 64.7 Å². The van der Waals surface area contributed by atoms with Crippen LogP contribution in [0, 0.1) is 11.3 Å². The Bertz CT molecular complexity index is 815. The summed E-state index contributed by atoms with van der Waals surface area (Å²) in [6, 6.07) is 7.66. The standard InChI is InChI=1S/C23H31N3O5/c1-5-19(25-21(28)17-8-6-16(14-24)7-9-17)22(29)26-12-10-18(11-13-26)30-15-20(27)31-23(2,3)4/h6-9,18-19H,5,10-13,15H2,1-4H3,(H,25,28). The van der Waals surface area contributed by atoms with Crippen LogP contribution >= 0.6 is 0 Å². The smallest absolute Gasteiger partial charge is 0.332 e. The van der Waals surface area contributed by atoms with Gasteiger partial charge in [0.05, 0.1) is 17.7 Å². The van der Waals surface area contributed by atoms with Crippen molar-refractivity contribution in [1.82, 2.24) is 10.2 Å². The monoisotopic (exact) mass is 429 g/mol. The Morgan fingerprint density at radius 3 is 2.32 bits per heavy atom. The maximum absolute atomic E-state index is 12.9. The van der Waals surface area contributed by atoms with Gasteiger partial charge in [0.1, 0.15) is 18.2 Å². The first-order valence-corrected chi connectivity index (χ1v) is 10.6. The van der Waals surface area contributed by atoms with Gasteiger partial charge in [-0.3, -0.25) is 9.59 Å². The van der Waals surface area contributed by atoms with Crippen LogP contribution in [0.15, 0.2) is 24.3 Å². The molecule has 1 aromatic rings. The number of nitrogens with one attached hydrogen (secondary N) is 1. The number of amides is 2. The number of carbonyl (C=O) groups excluding carboxylic acids is 3. The van der Waals surface area contributed by atoms with E-state index in [1.165, 1.54) is 0 Å². The average Bonchev–Trinajstić information content (AvgIpc) is 2.74. The normalized spacial score (nSPS) is 15.6. The van der Waals surface area contributed by atoms with E-state index in [9.17, 15) is 14.4 Å². The van der Waals surface area contributed by atoms with Gasteiger partial charge in [-0.1, -0.05) is 6.92 Å². The van der Waals surface area contributed by atoms with E-state index in [1.54, 1.807) is 49.9 Å². The molecule has 1 N–H and O–H groups in total. The summed E-state index contributed by atoms with van der Waals surface area (Å²) in [5, 5.41) is 11.6. The van der Waals surface area contributed by atoms with E-state index in [4.69, 9.17) is 14.7 Å². The molecule has 31 heavy (non-hydrogen) atoms. The zero-order valence-corrected chi connectivity index (χ0v) is 18.6. The fourth-order valence-corrected chi connectivity index (χ4v) is 3.30. The van der Waals surface area contributed by atoms with Crippen LogP contribution < -0.4 is 5.32 Å². The average molecular weight is 430 g/mol. The van der Waals surface area contributed by atoms with Crippen molar-refractivity contribution < 1.29 is 23.9 Å². The lowest BCUT2D eigenvalue weighted by atomic mass is 10.1. The van der Waals surface area contributed by atoms with Gasteiger partial charge in [0.15, 0.2) is 0 Å². The van der Waals surface area contributed by atoms with Gasteiger partial charge in [0, 0.05) is 18.7 Å². The molecule has 0 spiro atoms. The Morgan fingerprint density at radius 1 is 1.19 bits per heavy atom. The van der Waals surface area contributed by atoms with Crippen LogP contribution in [0.5, 0.6) is 0 Å². The van der Waals surface area contributed by atoms with E-state index in [0.717, 1.165) is 0 Å². The molecule has 2 rings (SSSR count). The van der Waals surface area contributed by atoms with Crippen molar-refractivity contribution in [3.8, 4) is 6.07 Å². The SMILES string of the molecule is CCC(NC(=O)c1ccc(C#N)cc1)C(=O)N1CCC(OCC(=O)OC(C)(C)C)CC1. The Balaban J connectivity index is 1.82. The molecule has 0 bridgehead atoms. The molecule has 0 saturated carbocycles. The maximum atomic E-state index is 12.9. The molecule has 0 aliphatic carbocycles. The quantitative estimate of drug-likeness (QED) is 0.667. The Hall–Kier alpha value is -2.92. The molecule has 1 heterocycles. The van der Waals surface area contributed by atoms with Gasteiger partial charge in [0.25, 0.3) is 5.91 Å². The lowest BCUT2D eigenvalue weighted by molar-refractivity contribution is -0.163. The summed E-state index contributed by atoms with van der Waals surface area (Å²) in [6.07, 6.45) is 1.60. The fourth-order valence-electron chi connectivity index (χ4n) is 3.30. The maximum Gasteiger partial charge on any atom is 0.332 e. The third kappa shape index (κ3) is 7.68. The fraction of sp³-hybridized carbons (Fsp3) is 0.565. The second-order valence-electron chi connectivity index (χ2n) is 8.55. The summed E-state index contributed by atoms with van der Waals surface area (Å²) in [5.41, 5.74) is 0.323. The number of ether oxygens (including phenoxy) is 2. The van der Waals surface area contributed by atoms with Crippen molar-refractivity contribution in [2.75, 3.05) is 19.7 Å². The van der Waals surface area contributed by atoms with Gasteiger partial charge < -0.3 is 19.7 Å². The largest absolute Gasteiger partial charge is 0.458 e. The van der Waals surface area contributed by atoms with Crippen LogP contribution in [-0.4, -0.2) is 60.1 Å². The number of hydrogen-bond donors (Lipinski definition) is 1. The first kappa shape index (κ1) is 24.4. The van der Waals surface area contributed by atoms with Gasteiger partial charge in [0.2, 0.25) is 5.91 Å². The summed E-state index contributed by atoms with van der Waals surface area (Å²) in [6.45, 7) is 8.16. The molecule has 168 valence electrons. The second kappa shape index (κ2) is 10.9. The molecule has 0 aromatic heterocycles. The minimum absolute atomic E-state index is 0.103. The molecule has 2 amide bonds. The number of esters is 1. The summed E-state index contributed by atoms with van der Waals surface area (Å²) in [4.78, 5) is 38.9.